The van der Waals surface area contributed by atoms with Gasteiger partial charge in [-0.3, -0.25) is 19.3 Å². The summed E-state index contributed by atoms with van der Waals surface area (Å²) in [4.78, 5) is 35.0. The maximum Gasteiger partial charge on any atom is 0.433 e. The molecule has 1 unspecified atom stereocenters. The van der Waals surface area contributed by atoms with Gasteiger partial charge in [0.25, 0.3) is 11.8 Å². The zero-order valence-corrected chi connectivity index (χ0v) is 18.5. The highest BCUT2D eigenvalue weighted by molar-refractivity contribution is 5.93. The number of halogens is 3. The van der Waals surface area contributed by atoms with Crippen molar-refractivity contribution in [3.05, 3.63) is 53.5 Å². The van der Waals surface area contributed by atoms with Crippen molar-refractivity contribution >= 4 is 11.8 Å². The Kier molecular flexibility index (Phi) is 6.79. The molecule has 33 heavy (non-hydrogen) atoms. The maximum atomic E-state index is 13.2. The maximum absolute atomic E-state index is 13.2. The minimum atomic E-state index is -4.63. The molecular formula is C20H23F3N8O2. The quantitative estimate of drug-likeness (QED) is 0.575. The van der Waals surface area contributed by atoms with Gasteiger partial charge >= 0.3 is 6.18 Å². The molecule has 2 amide bonds. The van der Waals surface area contributed by atoms with E-state index >= 15 is 0 Å². The summed E-state index contributed by atoms with van der Waals surface area (Å²) in [6.45, 7) is 5.43. The lowest BCUT2D eigenvalue weighted by molar-refractivity contribution is -0.144. The number of aryl methyl sites for hydroxylation is 1. The van der Waals surface area contributed by atoms with Crippen LogP contribution in [0.3, 0.4) is 0 Å². The van der Waals surface area contributed by atoms with Crippen LogP contribution >= 0.6 is 0 Å². The fourth-order valence-corrected chi connectivity index (χ4v) is 3.07. The molecule has 176 valence electrons. The Labute approximate surface area is 187 Å². The summed E-state index contributed by atoms with van der Waals surface area (Å²) in [6, 6.07) is -0.0392. The zero-order chi connectivity index (χ0) is 24.3. The molecule has 3 rings (SSSR count). The summed E-state index contributed by atoms with van der Waals surface area (Å²) >= 11 is 0. The van der Waals surface area contributed by atoms with Gasteiger partial charge in [-0.05, 0) is 20.8 Å². The van der Waals surface area contributed by atoms with Gasteiger partial charge in [0.1, 0.15) is 11.4 Å². The van der Waals surface area contributed by atoms with Crippen LogP contribution in [0.15, 0.2) is 30.9 Å². The van der Waals surface area contributed by atoms with Gasteiger partial charge in [-0.15, -0.1) is 0 Å². The Morgan fingerprint density at radius 2 is 1.91 bits per heavy atom. The van der Waals surface area contributed by atoms with Gasteiger partial charge in [0.2, 0.25) is 0 Å². The van der Waals surface area contributed by atoms with Gasteiger partial charge in [0, 0.05) is 44.8 Å². The molecule has 1 atom stereocenters. The Bertz CT molecular complexity index is 1150. The Morgan fingerprint density at radius 1 is 1.21 bits per heavy atom. The van der Waals surface area contributed by atoms with Crippen molar-refractivity contribution in [2.75, 3.05) is 13.6 Å². The molecule has 13 heteroatoms. The average molecular weight is 464 g/mol. The molecule has 0 bridgehead atoms. The van der Waals surface area contributed by atoms with E-state index in [1.54, 1.807) is 14.0 Å². The second-order valence-corrected chi connectivity index (χ2v) is 7.18. The molecule has 0 aliphatic rings. The van der Waals surface area contributed by atoms with Gasteiger partial charge in [-0.2, -0.15) is 23.4 Å². The number of nitrogens with zero attached hydrogens (tertiary/aromatic N) is 7. The highest BCUT2D eigenvalue weighted by atomic mass is 19.4. The van der Waals surface area contributed by atoms with Crippen LogP contribution in [0.4, 0.5) is 13.2 Å². The molecular weight excluding hydrogens is 441 g/mol. The molecule has 3 heterocycles. The molecule has 0 aliphatic carbocycles. The van der Waals surface area contributed by atoms with Gasteiger partial charge in [0.15, 0.2) is 11.5 Å². The van der Waals surface area contributed by atoms with Crippen molar-refractivity contribution in [1.29, 1.82) is 0 Å². The lowest BCUT2D eigenvalue weighted by atomic mass is 10.2. The van der Waals surface area contributed by atoms with Crippen LogP contribution in [-0.4, -0.2) is 59.8 Å². The number of hydrogen-bond donors (Lipinski definition) is 1. The topological polar surface area (TPSA) is 111 Å². The fraction of sp³-hybridized carbons (Fsp3) is 0.400. The smallest absolute Gasteiger partial charge is 0.342 e. The van der Waals surface area contributed by atoms with E-state index in [0.717, 1.165) is 4.68 Å². The van der Waals surface area contributed by atoms with Crippen LogP contribution < -0.4 is 5.32 Å². The summed E-state index contributed by atoms with van der Waals surface area (Å²) < 4.78 is 41.6. The predicted molar refractivity (Wildman–Crippen MR) is 111 cm³/mol. The molecule has 0 aliphatic heterocycles. The van der Waals surface area contributed by atoms with Crippen molar-refractivity contribution < 1.29 is 22.8 Å². The monoisotopic (exact) mass is 464 g/mol. The van der Waals surface area contributed by atoms with E-state index in [2.05, 4.69) is 25.5 Å². The lowest BCUT2D eigenvalue weighted by Crippen LogP contribution is -2.29. The summed E-state index contributed by atoms with van der Waals surface area (Å²) in [5, 5.41) is 10.5. The largest absolute Gasteiger partial charge is 0.433 e. The van der Waals surface area contributed by atoms with Gasteiger partial charge in [0.05, 0.1) is 17.8 Å². The highest BCUT2D eigenvalue weighted by Gasteiger charge is 2.36. The fourth-order valence-electron chi connectivity index (χ4n) is 3.07. The summed E-state index contributed by atoms with van der Waals surface area (Å²) in [5.41, 5.74) is -0.718. The number of hydrogen-bond acceptors (Lipinski definition) is 6. The van der Waals surface area contributed by atoms with Crippen molar-refractivity contribution in [1.82, 2.24) is 39.7 Å². The number of aromatic nitrogens is 6. The Hall–Kier alpha value is -3.77. The van der Waals surface area contributed by atoms with E-state index in [4.69, 9.17) is 0 Å². The normalized spacial score (nSPS) is 12.5. The minimum absolute atomic E-state index is 0.0421. The first-order chi connectivity index (χ1) is 15.6. The minimum Gasteiger partial charge on any atom is -0.342 e. The van der Waals surface area contributed by atoms with Crippen molar-refractivity contribution in [2.24, 2.45) is 0 Å². The molecule has 3 aromatic rings. The van der Waals surface area contributed by atoms with Gasteiger partial charge in [-0.25, -0.2) is 9.67 Å². The van der Waals surface area contributed by atoms with Crippen molar-refractivity contribution in [2.45, 2.75) is 39.5 Å². The Morgan fingerprint density at radius 3 is 2.52 bits per heavy atom. The predicted octanol–water partition coefficient (Wildman–Crippen LogP) is 2.48. The molecule has 0 fully saturated rings. The first-order valence-corrected chi connectivity index (χ1v) is 10.1. The van der Waals surface area contributed by atoms with Crippen LogP contribution in [0.25, 0.3) is 5.82 Å². The SMILES string of the molecule is CCN(C)C(=O)c1cnn(-c2nccnc2C(C)NC(=O)c2cc(C(F)(F)F)n(CC)n2)c1. The Balaban J connectivity index is 1.85. The van der Waals surface area contributed by atoms with E-state index in [0.29, 0.717) is 23.9 Å². The summed E-state index contributed by atoms with van der Waals surface area (Å²) in [5.74, 6) is -0.751. The van der Waals surface area contributed by atoms with E-state index in [1.807, 2.05) is 6.92 Å². The molecule has 1 N–H and O–H groups in total. The number of carbonyl (C=O) groups is 2. The number of nitrogens with one attached hydrogen (secondary N) is 1. The molecule has 0 radical (unpaired) electrons. The van der Waals surface area contributed by atoms with E-state index in [9.17, 15) is 22.8 Å². The highest BCUT2D eigenvalue weighted by Crippen LogP contribution is 2.30. The molecule has 0 saturated carbocycles. The molecule has 0 saturated heterocycles. The average Bonchev–Trinajstić information content (AvgIpc) is 3.45. The van der Waals surface area contributed by atoms with Crippen LogP contribution in [0.2, 0.25) is 0 Å². The zero-order valence-electron chi connectivity index (χ0n) is 18.5. The number of alkyl halides is 3. The number of carbonyl (C=O) groups excluding carboxylic acids is 2. The van der Waals surface area contributed by atoms with E-state index in [1.165, 1.54) is 41.3 Å². The number of amides is 2. The second-order valence-electron chi connectivity index (χ2n) is 7.18. The standard InChI is InChI=1S/C20H23F3N8O2/c1-5-29(4)19(33)13-10-26-31(11-13)17-16(24-7-8-25-17)12(3)27-18(32)14-9-15(20(21,22)23)30(6-2)28-14/h7-12H,5-6H2,1-4H3,(H,27,32). The lowest BCUT2D eigenvalue weighted by Gasteiger charge is -2.15. The molecule has 10 nitrogen and oxygen atoms in total. The van der Waals surface area contributed by atoms with Crippen LogP contribution in [0, 0.1) is 0 Å². The van der Waals surface area contributed by atoms with Gasteiger partial charge < -0.3 is 10.2 Å². The van der Waals surface area contributed by atoms with Crippen molar-refractivity contribution in [3.63, 3.8) is 0 Å². The van der Waals surface area contributed by atoms with Crippen LogP contribution in [0.1, 0.15) is 59.0 Å². The molecule has 3 aromatic heterocycles. The van der Waals surface area contributed by atoms with Crippen LogP contribution in [-0.2, 0) is 12.7 Å². The summed E-state index contributed by atoms with van der Waals surface area (Å²) in [6.07, 6.45) is 1.09. The molecule has 0 spiro atoms. The second kappa shape index (κ2) is 9.38. The number of rotatable bonds is 7. The third kappa shape index (κ3) is 5.02. The third-order valence-electron chi connectivity index (χ3n) is 4.93. The van der Waals surface area contributed by atoms with Gasteiger partial charge in [-0.1, -0.05) is 0 Å². The first-order valence-electron chi connectivity index (χ1n) is 10.1. The first kappa shape index (κ1) is 23.9. The summed E-state index contributed by atoms with van der Waals surface area (Å²) in [7, 11) is 1.66. The van der Waals surface area contributed by atoms with Crippen molar-refractivity contribution in [3.8, 4) is 5.82 Å². The third-order valence-corrected chi connectivity index (χ3v) is 4.93. The van der Waals surface area contributed by atoms with Crippen LogP contribution in [0.5, 0.6) is 0 Å². The van der Waals surface area contributed by atoms with E-state index < -0.39 is 23.8 Å². The molecule has 0 aromatic carbocycles. The van der Waals surface area contributed by atoms with E-state index in [-0.39, 0.29) is 24.0 Å².